The predicted octanol–water partition coefficient (Wildman–Crippen LogP) is 3.37. The van der Waals surface area contributed by atoms with Gasteiger partial charge in [0.05, 0.1) is 11.1 Å². The zero-order valence-corrected chi connectivity index (χ0v) is 13.1. The molecular weight excluding hydrogens is 264 g/mol. The summed E-state index contributed by atoms with van der Waals surface area (Å²) in [6, 6.07) is 7.09. The molecular formula is C17H22N2O2. The van der Waals surface area contributed by atoms with Crippen molar-refractivity contribution in [1.82, 2.24) is 4.90 Å². The SMILES string of the molecule is C=N.CC1(C)CC1C(C)(C)N1C(=O)c2ccccc2C1=O. The molecule has 0 saturated heterocycles. The summed E-state index contributed by atoms with van der Waals surface area (Å²) in [6.07, 6.45) is 1.06. The first-order valence-corrected chi connectivity index (χ1v) is 7.10. The topological polar surface area (TPSA) is 61.2 Å². The van der Waals surface area contributed by atoms with Crippen LogP contribution in [0.5, 0.6) is 0 Å². The molecule has 1 N–H and O–H groups in total. The van der Waals surface area contributed by atoms with Gasteiger partial charge in [-0.3, -0.25) is 14.5 Å². The minimum atomic E-state index is -0.420. The van der Waals surface area contributed by atoms with Crippen molar-refractivity contribution < 1.29 is 9.59 Å². The average molecular weight is 286 g/mol. The Bertz CT molecular complexity index is 570. The molecule has 0 aromatic heterocycles. The smallest absolute Gasteiger partial charge is 0.262 e. The molecule has 1 aliphatic carbocycles. The third-order valence-corrected chi connectivity index (χ3v) is 4.74. The Balaban J connectivity index is 0.000000774. The zero-order chi connectivity index (χ0) is 16.0. The Morgan fingerprint density at radius 1 is 1.14 bits per heavy atom. The van der Waals surface area contributed by atoms with Crippen LogP contribution < -0.4 is 0 Å². The van der Waals surface area contributed by atoms with E-state index in [1.54, 1.807) is 12.1 Å². The van der Waals surface area contributed by atoms with Gasteiger partial charge in [0.15, 0.2) is 0 Å². The minimum Gasteiger partial charge on any atom is -0.317 e. The van der Waals surface area contributed by atoms with Gasteiger partial charge in [0, 0.05) is 5.54 Å². The van der Waals surface area contributed by atoms with Crippen molar-refractivity contribution in [2.45, 2.75) is 39.7 Å². The van der Waals surface area contributed by atoms with Crippen LogP contribution in [0, 0.1) is 16.7 Å². The van der Waals surface area contributed by atoms with E-state index < -0.39 is 5.54 Å². The van der Waals surface area contributed by atoms with E-state index in [0.717, 1.165) is 6.42 Å². The van der Waals surface area contributed by atoms with Crippen molar-refractivity contribution >= 4 is 18.5 Å². The van der Waals surface area contributed by atoms with Crippen molar-refractivity contribution in [1.29, 1.82) is 5.41 Å². The van der Waals surface area contributed by atoms with Crippen LogP contribution in [-0.2, 0) is 0 Å². The number of carbonyl (C=O) groups excluding carboxylic acids is 2. The first kappa shape index (κ1) is 15.4. The molecule has 4 nitrogen and oxygen atoms in total. The summed E-state index contributed by atoms with van der Waals surface area (Å²) in [4.78, 5) is 26.5. The number of carbonyl (C=O) groups is 2. The van der Waals surface area contributed by atoms with Gasteiger partial charge in [-0.05, 0) is 50.5 Å². The van der Waals surface area contributed by atoms with Gasteiger partial charge in [0.25, 0.3) is 11.8 Å². The van der Waals surface area contributed by atoms with Crippen LogP contribution in [-0.4, -0.2) is 29.0 Å². The van der Waals surface area contributed by atoms with E-state index in [9.17, 15) is 9.59 Å². The standard InChI is InChI=1S/C16H19NO2.CH3N/c1-15(2)9-12(15)16(3,4)17-13(18)10-7-5-6-8-11(10)14(17)19;1-2/h5-8,12H,9H2,1-4H3;2H,1H2. The summed E-state index contributed by atoms with van der Waals surface area (Å²) in [5.41, 5.74) is 0.883. The van der Waals surface area contributed by atoms with Crippen molar-refractivity contribution in [2.75, 3.05) is 0 Å². The number of rotatable bonds is 2. The lowest BCUT2D eigenvalue weighted by Gasteiger charge is -2.35. The van der Waals surface area contributed by atoms with Gasteiger partial charge in [0.2, 0.25) is 0 Å². The van der Waals surface area contributed by atoms with Gasteiger partial charge in [-0.1, -0.05) is 26.0 Å². The molecule has 1 aromatic carbocycles. The Morgan fingerprint density at radius 2 is 1.52 bits per heavy atom. The lowest BCUT2D eigenvalue weighted by Crippen LogP contribution is -2.50. The van der Waals surface area contributed by atoms with Crippen LogP contribution in [0.15, 0.2) is 24.3 Å². The molecule has 1 aromatic rings. The summed E-state index contributed by atoms with van der Waals surface area (Å²) in [7, 11) is 0. The summed E-state index contributed by atoms with van der Waals surface area (Å²) >= 11 is 0. The molecule has 3 rings (SSSR count). The second kappa shape index (κ2) is 4.79. The molecule has 0 spiro atoms. The number of fused-ring (bicyclic) bond motifs is 1. The maximum absolute atomic E-state index is 12.5. The second-order valence-electron chi connectivity index (χ2n) is 6.89. The molecule has 1 heterocycles. The molecule has 112 valence electrons. The molecule has 1 aliphatic heterocycles. The average Bonchev–Trinajstić information content (AvgIpc) is 3.02. The molecule has 2 aliphatic rings. The molecule has 21 heavy (non-hydrogen) atoms. The van der Waals surface area contributed by atoms with E-state index in [1.807, 2.05) is 26.0 Å². The summed E-state index contributed by atoms with van der Waals surface area (Å²) in [6.45, 7) is 10.9. The van der Waals surface area contributed by atoms with Gasteiger partial charge in [-0.15, -0.1) is 0 Å². The molecule has 2 amide bonds. The Kier molecular flexibility index (Phi) is 3.52. The van der Waals surface area contributed by atoms with Gasteiger partial charge >= 0.3 is 0 Å². The number of imide groups is 1. The largest absolute Gasteiger partial charge is 0.317 e. The zero-order valence-electron chi connectivity index (χ0n) is 13.1. The van der Waals surface area contributed by atoms with E-state index >= 15 is 0 Å². The number of amides is 2. The van der Waals surface area contributed by atoms with Crippen LogP contribution in [0.1, 0.15) is 54.8 Å². The highest BCUT2D eigenvalue weighted by Gasteiger charge is 2.59. The lowest BCUT2D eigenvalue weighted by atomic mass is 9.90. The molecule has 0 radical (unpaired) electrons. The Morgan fingerprint density at radius 3 is 1.86 bits per heavy atom. The monoisotopic (exact) mass is 286 g/mol. The van der Waals surface area contributed by atoms with Gasteiger partial charge < -0.3 is 5.41 Å². The van der Waals surface area contributed by atoms with E-state index in [4.69, 9.17) is 5.41 Å². The van der Waals surface area contributed by atoms with E-state index in [1.165, 1.54) is 4.90 Å². The highest BCUT2D eigenvalue weighted by Crippen LogP contribution is 2.59. The fraction of sp³-hybridized carbons (Fsp3) is 0.471. The van der Waals surface area contributed by atoms with Crippen molar-refractivity contribution in [3.63, 3.8) is 0 Å². The number of hydrogen-bond donors (Lipinski definition) is 1. The third kappa shape index (κ3) is 2.19. The third-order valence-electron chi connectivity index (χ3n) is 4.74. The van der Waals surface area contributed by atoms with Crippen LogP contribution in [0.25, 0.3) is 0 Å². The molecule has 1 atom stereocenters. The Hall–Kier alpha value is -1.97. The molecule has 1 unspecified atom stereocenters. The second-order valence-corrected chi connectivity index (χ2v) is 6.89. The van der Waals surface area contributed by atoms with Gasteiger partial charge in [-0.25, -0.2) is 0 Å². The van der Waals surface area contributed by atoms with Crippen molar-refractivity contribution in [3.8, 4) is 0 Å². The maximum Gasteiger partial charge on any atom is 0.262 e. The fourth-order valence-corrected chi connectivity index (χ4v) is 3.54. The van der Waals surface area contributed by atoms with E-state index in [0.29, 0.717) is 17.0 Å². The Labute approximate surface area is 125 Å². The van der Waals surface area contributed by atoms with Gasteiger partial charge in [-0.2, -0.15) is 0 Å². The highest BCUT2D eigenvalue weighted by atomic mass is 16.2. The summed E-state index contributed by atoms with van der Waals surface area (Å²) in [5.74, 6) is 0.0869. The van der Waals surface area contributed by atoms with Crippen LogP contribution in [0.4, 0.5) is 0 Å². The van der Waals surface area contributed by atoms with Gasteiger partial charge in [0.1, 0.15) is 0 Å². The van der Waals surface area contributed by atoms with Crippen molar-refractivity contribution in [2.24, 2.45) is 11.3 Å². The first-order chi connectivity index (χ1) is 9.77. The quantitative estimate of drug-likeness (QED) is 0.669. The minimum absolute atomic E-state index is 0.145. The molecule has 0 bridgehead atoms. The molecule has 4 heteroatoms. The number of nitrogens with one attached hydrogen (secondary N) is 1. The molecule has 1 fully saturated rings. The maximum atomic E-state index is 12.5. The predicted molar refractivity (Wildman–Crippen MR) is 82.7 cm³/mol. The number of benzene rings is 1. The highest BCUT2D eigenvalue weighted by molar-refractivity contribution is 6.21. The fourth-order valence-electron chi connectivity index (χ4n) is 3.54. The summed E-state index contributed by atoms with van der Waals surface area (Å²) < 4.78 is 0. The van der Waals surface area contributed by atoms with Crippen LogP contribution >= 0.6 is 0 Å². The normalized spacial score (nSPS) is 22.5. The van der Waals surface area contributed by atoms with E-state index in [-0.39, 0.29) is 17.2 Å². The van der Waals surface area contributed by atoms with E-state index in [2.05, 4.69) is 20.6 Å². The van der Waals surface area contributed by atoms with Crippen molar-refractivity contribution in [3.05, 3.63) is 35.4 Å². The first-order valence-electron chi connectivity index (χ1n) is 7.10. The van der Waals surface area contributed by atoms with Crippen LogP contribution in [0.2, 0.25) is 0 Å². The summed E-state index contributed by atoms with van der Waals surface area (Å²) in [5, 5.41) is 5.50. The molecule has 1 saturated carbocycles. The number of hydrogen-bond acceptors (Lipinski definition) is 3. The lowest BCUT2D eigenvalue weighted by molar-refractivity contribution is 0.0421. The number of nitrogens with zero attached hydrogens (tertiary/aromatic N) is 1. The van der Waals surface area contributed by atoms with Crippen LogP contribution in [0.3, 0.4) is 0 Å².